The van der Waals surface area contributed by atoms with Crippen molar-refractivity contribution in [1.29, 1.82) is 0 Å². The Morgan fingerprint density at radius 3 is 2.75 bits per heavy atom. The molecular formula is C21H15Cl2N3O2. The van der Waals surface area contributed by atoms with Crippen LogP contribution in [0.15, 0.2) is 65.8 Å². The van der Waals surface area contributed by atoms with Gasteiger partial charge in [-0.2, -0.15) is 0 Å². The summed E-state index contributed by atoms with van der Waals surface area (Å²) >= 11 is 12.2. The second kappa shape index (κ2) is 7.54. The van der Waals surface area contributed by atoms with Crippen molar-refractivity contribution in [3.8, 4) is 22.8 Å². The summed E-state index contributed by atoms with van der Waals surface area (Å²) in [7, 11) is 1.50. The SMILES string of the molecule is COc1cc(-c2nc3ccccn3c2N=Cc2ccc(Cl)cc2Cl)ccc1O. The number of hydrogen-bond acceptors (Lipinski definition) is 4. The lowest BCUT2D eigenvalue weighted by molar-refractivity contribution is 0.373. The van der Waals surface area contributed by atoms with Gasteiger partial charge in [0, 0.05) is 28.6 Å². The minimum Gasteiger partial charge on any atom is -0.504 e. The van der Waals surface area contributed by atoms with Gasteiger partial charge in [0.1, 0.15) is 11.3 Å². The number of phenolic OH excluding ortho intramolecular Hbond substituents is 1. The van der Waals surface area contributed by atoms with Crippen LogP contribution in [0.2, 0.25) is 10.0 Å². The maximum absolute atomic E-state index is 9.89. The molecule has 0 aliphatic carbocycles. The van der Waals surface area contributed by atoms with E-state index in [1.165, 1.54) is 7.11 Å². The molecule has 0 saturated carbocycles. The van der Waals surface area contributed by atoms with Gasteiger partial charge in [0.25, 0.3) is 0 Å². The molecule has 1 N–H and O–H groups in total. The Hall–Kier alpha value is -3.02. The zero-order valence-corrected chi connectivity index (χ0v) is 16.3. The van der Waals surface area contributed by atoms with Crippen molar-refractivity contribution in [3.05, 3.63) is 76.4 Å². The number of nitrogens with zero attached hydrogens (tertiary/aromatic N) is 3. The molecule has 5 nitrogen and oxygen atoms in total. The van der Waals surface area contributed by atoms with Gasteiger partial charge in [-0.15, -0.1) is 0 Å². The van der Waals surface area contributed by atoms with Crippen LogP contribution in [0.3, 0.4) is 0 Å². The fraction of sp³-hybridized carbons (Fsp3) is 0.0476. The maximum atomic E-state index is 9.89. The fourth-order valence-electron chi connectivity index (χ4n) is 2.86. The molecule has 2 aromatic carbocycles. The summed E-state index contributed by atoms with van der Waals surface area (Å²) in [5.74, 6) is 1.06. The highest BCUT2D eigenvalue weighted by atomic mass is 35.5. The molecular weight excluding hydrogens is 397 g/mol. The van der Waals surface area contributed by atoms with Crippen molar-refractivity contribution in [2.75, 3.05) is 7.11 Å². The van der Waals surface area contributed by atoms with Crippen LogP contribution in [0.1, 0.15) is 5.56 Å². The highest BCUT2D eigenvalue weighted by molar-refractivity contribution is 6.36. The number of ether oxygens (including phenoxy) is 1. The summed E-state index contributed by atoms with van der Waals surface area (Å²) in [6.45, 7) is 0. The third-order valence-corrected chi connectivity index (χ3v) is 4.81. The summed E-state index contributed by atoms with van der Waals surface area (Å²) in [6, 6.07) is 16.0. The Labute approximate surface area is 171 Å². The lowest BCUT2D eigenvalue weighted by Crippen LogP contribution is -1.87. The first kappa shape index (κ1) is 18.3. The molecule has 0 atom stereocenters. The molecule has 0 saturated heterocycles. The van der Waals surface area contributed by atoms with E-state index in [0.717, 1.165) is 16.8 Å². The van der Waals surface area contributed by atoms with Gasteiger partial charge in [-0.05, 0) is 42.5 Å². The number of rotatable bonds is 4. The molecule has 0 amide bonds. The van der Waals surface area contributed by atoms with E-state index in [9.17, 15) is 5.11 Å². The van der Waals surface area contributed by atoms with Crippen molar-refractivity contribution in [2.45, 2.75) is 0 Å². The van der Waals surface area contributed by atoms with Gasteiger partial charge < -0.3 is 9.84 Å². The molecule has 4 aromatic rings. The number of aromatic nitrogens is 2. The maximum Gasteiger partial charge on any atom is 0.165 e. The van der Waals surface area contributed by atoms with Gasteiger partial charge in [-0.3, -0.25) is 4.40 Å². The van der Waals surface area contributed by atoms with Gasteiger partial charge in [-0.1, -0.05) is 35.3 Å². The standard InChI is InChI=1S/C21H15Cl2N3O2/c1-28-18-10-13(6-8-17(18)27)20-21(26-9-3-2-4-19(26)25-20)24-12-14-5-7-15(22)11-16(14)23/h2-12,27H,1H3. The van der Waals surface area contributed by atoms with Crippen molar-refractivity contribution in [3.63, 3.8) is 0 Å². The van der Waals surface area contributed by atoms with Crippen LogP contribution in [0.5, 0.6) is 11.5 Å². The molecule has 140 valence electrons. The molecule has 0 spiro atoms. The molecule has 28 heavy (non-hydrogen) atoms. The molecule has 0 fully saturated rings. The van der Waals surface area contributed by atoms with E-state index in [1.54, 1.807) is 42.6 Å². The van der Waals surface area contributed by atoms with Crippen LogP contribution >= 0.6 is 23.2 Å². The second-order valence-electron chi connectivity index (χ2n) is 6.02. The monoisotopic (exact) mass is 411 g/mol. The quantitative estimate of drug-likeness (QED) is 0.433. The number of aromatic hydroxyl groups is 1. The van der Waals surface area contributed by atoms with E-state index in [2.05, 4.69) is 4.99 Å². The lowest BCUT2D eigenvalue weighted by Gasteiger charge is -2.06. The predicted octanol–water partition coefficient (Wildman–Crippen LogP) is 5.77. The average Bonchev–Trinajstić information content (AvgIpc) is 3.06. The van der Waals surface area contributed by atoms with Gasteiger partial charge in [-0.25, -0.2) is 9.98 Å². The zero-order valence-electron chi connectivity index (χ0n) is 14.8. The molecule has 0 bridgehead atoms. The normalized spacial score (nSPS) is 11.4. The van der Waals surface area contributed by atoms with Gasteiger partial charge >= 0.3 is 0 Å². The van der Waals surface area contributed by atoms with Crippen molar-refractivity contribution >= 4 is 40.9 Å². The van der Waals surface area contributed by atoms with Crippen LogP contribution in [0.25, 0.3) is 16.9 Å². The predicted molar refractivity (Wildman–Crippen MR) is 113 cm³/mol. The smallest absolute Gasteiger partial charge is 0.165 e. The number of aliphatic imine (C=N–C) groups is 1. The molecule has 0 radical (unpaired) electrons. The van der Waals surface area contributed by atoms with E-state index < -0.39 is 0 Å². The summed E-state index contributed by atoms with van der Waals surface area (Å²) < 4.78 is 7.11. The second-order valence-corrected chi connectivity index (χ2v) is 6.87. The Kier molecular flexibility index (Phi) is 4.94. The van der Waals surface area contributed by atoms with Crippen LogP contribution in [0.4, 0.5) is 5.82 Å². The Balaban J connectivity index is 1.87. The van der Waals surface area contributed by atoms with Crippen LogP contribution in [-0.4, -0.2) is 27.8 Å². The first-order chi connectivity index (χ1) is 13.6. The Morgan fingerprint density at radius 1 is 1.11 bits per heavy atom. The number of halogens is 2. The number of benzene rings is 2. The third kappa shape index (κ3) is 3.42. The zero-order chi connectivity index (χ0) is 19.7. The highest BCUT2D eigenvalue weighted by Gasteiger charge is 2.15. The first-order valence-corrected chi connectivity index (χ1v) is 9.16. The molecule has 4 rings (SSSR count). The van der Waals surface area contributed by atoms with E-state index >= 15 is 0 Å². The molecule has 0 unspecified atom stereocenters. The summed E-state index contributed by atoms with van der Waals surface area (Å²) in [5, 5.41) is 11.0. The number of hydrogen-bond donors (Lipinski definition) is 1. The van der Waals surface area contributed by atoms with Crippen molar-refractivity contribution in [2.24, 2.45) is 4.99 Å². The summed E-state index contributed by atoms with van der Waals surface area (Å²) in [6.07, 6.45) is 3.57. The molecule has 0 aliphatic rings. The lowest BCUT2D eigenvalue weighted by atomic mass is 10.1. The van der Waals surface area contributed by atoms with E-state index in [1.807, 2.05) is 28.8 Å². The minimum atomic E-state index is 0.0630. The first-order valence-electron chi connectivity index (χ1n) is 8.40. The Bertz CT molecular complexity index is 1200. The number of imidazole rings is 1. The highest BCUT2D eigenvalue weighted by Crippen LogP contribution is 2.36. The van der Waals surface area contributed by atoms with Crippen LogP contribution in [-0.2, 0) is 0 Å². The summed E-state index contributed by atoms with van der Waals surface area (Å²) in [4.78, 5) is 9.35. The van der Waals surface area contributed by atoms with E-state index in [0.29, 0.717) is 27.3 Å². The van der Waals surface area contributed by atoms with Gasteiger partial charge in [0.05, 0.1) is 12.1 Å². The fourth-order valence-corrected chi connectivity index (χ4v) is 3.32. The molecule has 2 heterocycles. The largest absolute Gasteiger partial charge is 0.504 e. The molecule has 0 aliphatic heterocycles. The average molecular weight is 412 g/mol. The minimum absolute atomic E-state index is 0.0630. The number of fused-ring (bicyclic) bond motifs is 1. The molecule has 2 aromatic heterocycles. The topological polar surface area (TPSA) is 59.1 Å². The van der Waals surface area contributed by atoms with Gasteiger partial charge in [0.15, 0.2) is 17.3 Å². The van der Waals surface area contributed by atoms with E-state index in [-0.39, 0.29) is 5.75 Å². The van der Waals surface area contributed by atoms with Gasteiger partial charge in [0.2, 0.25) is 0 Å². The number of pyridine rings is 1. The number of methoxy groups -OCH3 is 1. The summed E-state index contributed by atoms with van der Waals surface area (Å²) in [5.41, 5.74) is 2.92. The molecule has 7 heteroatoms. The third-order valence-electron chi connectivity index (χ3n) is 4.25. The van der Waals surface area contributed by atoms with Crippen molar-refractivity contribution < 1.29 is 9.84 Å². The van der Waals surface area contributed by atoms with Crippen molar-refractivity contribution in [1.82, 2.24) is 9.38 Å². The number of phenols is 1. The Morgan fingerprint density at radius 2 is 1.96 bits per heavy atom. The van der Waals surface area contributed by atoms with Crippen LogP contribution < -0.4 is 4.74 Å². The van der Waals surface area contributed by atoms with E-state index in [4.69, 9.17) is 32.9 Å². The van der Waals surface area contributed by atoms with Crippen LogP contribution in [0, 0.1) is 0 Å².